The molecule has 0 spiro atoms. The summed E-state index contributed by atoms with van der Waals surface area (Å²) in [5, 5.41) is 23.0. The number of aliphatic hydroxyl groups is 2. The zero-order chi connectivity index (χ0) is 22.8. The van der Waals surface area contributed by atoms with Crippen LogP contribution in [0.1, 0.15) is 24.0 Å². The lowest BCUT2D eigenvalue weighted by atomic mass is 9.77. The number of hydrogen-bond acceptors (Lipinski definition) is 5. The number of nitrogens with one attached hydrogen (secondary N) is 1. The van der Waals surface area contributed by atoms with Crippen molar-refractivity contribution in [3.8, 4) is 5.75 Å². The van der Waals surface area contributed by atoms with Crippen LogP contribution in [0.2, 0.25) is 0 Å². The molecule has 32 heavy (non-hydrogen) atoms. The molecule has 1 heterocycles. The zero-order valence-corrected chi connectivity index (χ0v) is 17.6. The topological polar surface area (TPSA) is 99.1 Å². The van der Waals surface area contributed by atoms with E-state index in [1.165, 1.54) is 24.0 Å². The normalized spacial score (nSPS) is 23.4. The molecule has 1 aliphatic carbocycles. The number of para-hydroxylation sites is 1. The molecule has 0 fully saturated rings. The summed E-state index contributed by atoms with van der Waals surface area (Å²) in [5.74, 6) is -1.01. The van der Waals surface area contributed by atoms with E-state index in [4.69, 9.17) is 9.84 Å². The fraction of sp³-hybridized carbons (Fsp3) is 0.333. The van der Waals surface area contributed by atoms with Crippen molar-refractivity contribution in [2.45, 2.75) is 37.6 Å². The van der Waals surface area contributed by atoms with Gasteiger partial charge in [-0.2, -0.15) is 0 Å². The molecule has 8 heteroatoms. The first kappa shape index (κ1) is 22.0. The summed E-state index contributed by atoms with van der Waals surface area (Å²) in [5.41, 5.74) is 1.84. The molecule has 2 aromatic rings. The summed E-state index contributed by atoms with van der Waals surface area (Å²) < 4.78 is 19.3. The number of carbonyl (C=O) groups is 2. The molecule has 0 aromatic heterocycles. The Labute approximate surface area is 185 Å². The van der Waals surface area contributed by atoms with Crippen molar-refractivity contribution in [1.82, 2.24) is 10.2 Å². The maximum Gasteiger partial charge on any atom is 0.247 e. The molecule has 0 bridgehead atoms. The van der Waals surface area contributed by atoms with Gasteiger partial charge in [0.2, 0.25) is 11.8 Å². The number of carbonyl (C=O) groups excluding carboxylic acids is 2. The summed E-state index contributed by atoms with van der Waals surface area (Å²) in [6.07, 6.45) is -0.243. The number of halogens is 1. The van der Waals surface area contributed by atoms with Gasteiger partial charge in [0.05, 0.1) is 18.6 Å². The number of nitrogens with zero attached hydrogens (tertiary/aromatic N) is 1. The minimum Gasteiger partial charge on any atom is -0.486 e. The number of hydrogen-bond donors (Lipinski definition) is 3. The molecule has 4 atom stereocenters. The second kappa shape index (κ2) is 9.10. The fourth-order valence-electron chi connectivity index (χ4n) is 4.40. The van der Waals surface area contributed by atoms with Gasteiger partial charge in [-0.05, 0) is 29.8 Å². The molecule has 0 unspecified atom stereocenters. The number of benzene rings is 2. The standard InChI is InChI=1S/C24H25FN2O5/c1-14(29)27(13-15-6-8-16(25)9-7-15)19-12-18(24(31)26-10-11-28)21-17-4-2-3-5-20(17)32-23(21)22(19)30/h2-9,12,19,21-23,28,30H,10-11,13H2,1H3,(H,26,31)/t19-,21+,22+,23+/m1/s1. The average Bonchev–Trinajstić information content (AvgIpc) is 3.18. The quantitative estimate of drug-likeness (QED) is 0.632. The van der Waals surface area contributed by atoms with Crippen molar-refractivity contribution in [2.24, 2.45) is 0 Å². The molecule has 0 radical (unpaired) electrons. The lowest BCUT2D eigenvalue weighted by Crippen LogP contribution is -2.55. The van der Waals surface area contributed by atoms with Crippen molar-refractivity contribution in [3.63, 3.8) is 0 Å². The van der Waals surface area contributed by atoms with E-state index in [-0.39, 0.29) is 31.4 Å². The smallest absolute Gasteiger partial charge is 0.247 e. The van der Waals surface area contributed by atoms with E-state index >= 15 is 0 Å². The molecule has 168 valence electrons. The maximum atomic E-state index is 13.3. The van der Waals surface area contributed by atoms with Crippen LogP contribution < -0.4 is 10.1 Å². The Morgan fingerprint density at radius 2 is 1.88 bits per heavy atom. The summed E-state index contributed by atoms with van der Waals surface area (Å²) in [6, 6.07) is 12.2. The second-order valence-corrected chi connectivity index (χ2v) is 7.95. The van der Waals surface area contributed by atoms with Crippen LogP contribution in [-0.2, 0) is 16.1 Å². The molecule has 2 aliphatic rings. The highest BCUT2D eigenvalue weighted by Gasteiger charge is 2.50. The molecule has 1 aliphatic heterocycles. The van der Waals surface area contributed by atoms with Gasteiger partial charge in [0.15, 0.2) is 0 Å². The number of rotatable bonds is 6. The van der Waals surface area contributed by atoms with Crippen LogP contribution in [0.4, 0.5) is 4.39 Å². The van der Waals surface area contributed by atoms with E-state index in [2.05, 4.69) is 5.32 Å². The Hall–Kier alpha value is -3.23. The number of aliphatic hydroxyl groups excluding tert-OH is 2. The SMILES string of the molecule is CC(=O)N(Cc1ccc(F)cc1)[C@@H]1C=C(C(=O)NCCO)[C@@H]2c3ccccc3O[C@@H]2[C@H]1O. The lowest BCUT2D eigenvalue weighted by molar-refractivity contribution is -0.135. The molecular weight excluding hydrogens is 415 g/mol. The highest BCUT2D eigenvalue weighted by atomic mass is 19.1. The average molecular weight is 440 g/mol. The van der Waals surface area contributed by atoms with E-state index in [9.17, 15) is 19.1 Å². The predicted molar refractivity (Wildman–Crippen MR) is 114 cm³/mol. The van der Waals surface area contributed by atoms with Gasteiger partial charge >= 0.3 is 0 Å². The lowest BCUT2D eigenvalue weighted by Gasteiger charge is -2.40. The molecule has 2 amide bonds. The first-order valence-electron chi connectivity index (χ1n) is 10.5. The van der Waals surface area contributed by atoms with Crippen LogP contribution in [0, 0.1) is 5.82 Å². The van der Waals surface area contributed by atoms with E-state index < -0.39 is 30.1 Å². The molecule has 7 nitrogen and oxygen atoms in total. The second-order valence-electron chi connectivity index (χ2n) is 7.95. The Kier molecular flexibility index (Phi) is 6.25. The van der Waals surface area contributed by atoms with Gasteiger partial charge < -0.3 is 25.2 Å². The third-order valence-electron chi connectivity index (χ3n) is 5.91. The Bertz CT molecular complexity index is 1040. The van der Waals surface area contributed by atoms with Crippen LogP contribution in [-0.4, -0.2) is 58.3 Å². The number of fused-ring (bicyclic) bond motifs is 3. The minimum absolute atomic E-state index is 0.0787. The van der Waals surface area contributed by atoms with Crippen LogP contribution in [0.3, 0.4) is 0 Å². The summed E-state index contributed by atoms with van der Waals surface area (Å²) in [6.45, 7) is 1.38. The number of amides is 2. The van der Waals surface area contributed by atoms with E-state index in [0.29, 0.717) is 16.9 Å². The largest absolute Gasteiger partial charge is 0.486 e. The van der Waals surface area contributed by atoms with Gasteiger partial charge in [0.25, 0.3) is 0 Å². The van der Waals surface area contributed by atoms with Crippen LogP contribution in [0.25, 0.3) is 0 Å². The van der Waals surface area contributed by atoms with Gasteiger partial charge in [-0.25, -0.2) is 4.39 Å². The molecule has 4 rings (SSSR count). The summed E-state index contributed by atoms with van der Waals surface area (Å²) >= 11 is 0. The van der Waals surface area contributed by atoms with Crippen molar-refractivity contribution < 1.29 is 28.9 Å². The molecule has 0 saturated heterocycles. The molecule has 3 N–H and O–H groups in total. The third-order valence-corrected chi connectivity index (χ3v) is 5.91. The number of ether oxygens (including phenoxy) is 1. The van der Waals surface area contributed by atoms with Crippen molar-refractivity contribution >= 4 is 11.8 Å². The van der Waals surface area contributed by atoms with Crippen molar-refractivity contribution in [1.29, 1.82) is 0 Å². The van der Waals surface area contributed by atoms with Gasteiger partial charge in [0.1, 0.15) is 23.8 Å². The predicted octanol–water partition coefficient (Wildman–Crippen LogP) is 1.50. The first-order valence-corrected chi connectivity index (χ1v) is 10.5. The summed E-state index contributed by atoms with van der Waals surface area (Å²) in [4.78, 5) is 27.0. The van der Waals surface area contributed by atoms with Crippen LogP contribution in [0.15, 0.2) is 60.2 Å². The first-order chi connectivity index (χ1) is 15.4. The van der Waals surface area contributed by atoms with Gasteiger partial charge in [0, 0.05) is 31.1 Å². The van der Waals surface area contributed by atoms with Gasteiger partial charge in [-0.15, -0.1) is 0 Å². The fourth-order valence-corrected chi connectivity index (χ4v) is 4.40. The van der Waals surface area contributed by atoms with Crippen LogP contribution in [0.5, 0.6) is 5.75 Å². The molecular formula is C24H25FN2O5. The van der Waals surface area contributed by atoms with Crippen molar-refractivity contribution in [2.75, 3.05) is 13.2 Å². The molecule has 2 aromatic carbocycles. The Balaban J connectivity index is 1.72. The zero-order valence-electron chi connectivity index (χ0n) is 17.6. The third kappa shape index (κ3) is 4.11. The van der Waals surface area contributed by atoms with E-state index in [1.54, 1.807) is 24.3 Å². The highest BCUT2D eigenvalue weighted by molar-refractivity contribution is 5.96. The highest BCUT2D eigenvalue weighted by Crippen LogP contribution is 2.47. The Morgan fingerprint density at radius 1 is 1.16 bits per heavy atom. The minimum atomic E-state index is -1.09. The summed E-state index contributed by atoms with van der Waals surface area (Å²) in [7, 11) is 0. The Morgan fingerprint density at radius 3 is 2.56 bits per heavy atom. The maximum absolute atomic E-state index is 13.3. The van der Waals surface area contributed by atoms with Gasteiger partial charge in [-0.1, -0.05) is 30.3 Å². The van der Waals surface area contributed by atoms with E-state index in [0.717, 1.165) is 5.56 Å². The van der Waals surface area contributed by atoms with E-state index in [1.807, 2.05) is 18.2 Å². The van der Waals surface area contributed by atoms with Crippen LogP contribution >= 0.6 is 0 Å². The van der Waals surface area contributed by atoms with Gasteiger partial charge in [-0.3, -0.25) is 9.59 Å². The monoisotopic (exact) mass is 440 g/mol. The molecule has 0 saturated carbocycles. The van der Waals surface area contributed by atoms with Crippen molar-refractivity contribution in [3.05, 3.63) is 77.1 Å².